The van der Waals surface area contributed by atoms with Gasteiger partial charge in [-0.15, -0.1) is 5.10 Å². The predicted molar refractivity (Wildman–Crippen MR) is 69.7 cm³/mol. The third-order valence-electron chi connectivity index (χ3n) is 2.91. The summed E-state index contributed by atoms with van der Waals surface area (Å²) in [7, 11) is 1.70. The van der Waals surface area contributed by atoms with E-state index in [4.69, 9.17) is 4.74 Å². The van der Waals surface area contributed by atoms with E-state index in [-0.39, 0.29) is 0 Å². The van der Waals surface area contributed by atoms with Crippen LogP contribution in [-0.2, 0) is 17.7 Å². The van der Waals surface area contributed by atoms with E-state index in [9.17, 15) is 4.79 Å². The zero-order valence-electron chi connectivity index (χ0n) is 11.6. The molecular weight excluding hydrogens is 230 g/mol. The number of aryl methyl sites for hydroxylation is 1. The molecule has 1 aromatic rings. The monoisotopic (exact) mass is 253 g/mol. The van der Waals surface area contributed by atoms with Gasteiger partial charge in [-0.2, -0.15) is 0 Å². The molecule has 0 bridgehead atoms. The quantitative estimate of drug-likeness (QED) is 0.499. The van der Waals surface area contributed by atoms with Crippen molar-refractivity contribution in [1.29, 1.82) is 0 Å². The maximum Gasteiger partial charge on any atom is 0.172 e. The molecule has 0 spiro atoms. The first-order chi connectivity index (χ1) is 8.69. The Morgan fingerprint density at radius 2 is 2.17 bits per heavy atom. The molecule has 5 heteroatoms. The van der Waals surface area contributed by atoms with Crippen LogP contribution in [0.4, 0.5) is 0 Å². The third-order valence-corrected chi connectivity index (χ3v) is 2.91. The maximum absolute atomic E-state index is 10.9. The summed E-state index contributed by atoms with van der Waals surface area (Å²) >= 11 is 0. The van der Waals surface area contributed by atoms with E-state index in [0.717, 1.165) is 50.8 Å². The number of carbonyl (C=O) groups excluding carboxylic acids is 1. The largest absolute Gasteiger partial charge is 0.385 e. The summed E-state index contributed by atoms with van der Waals surface area (Å²) in [5.41, 5.74) is 1.46. The summed E-state index contributed by atoms with van der Waals surface area (Å²) < 4.78 is 6.88. The molecule has 0 aromatic carbocycles. The number of aldehydes is 1. The van der Waals surface area contributed by atoms with Crippen molar-refractivity contribution in [3.63, 3.8) is 0 Å². The summed E-state index contributed by atoms with van der Waals surface area (Å²) in [5, 5.41) is 7.98. The van der Waals surface area contributed by atoms with Crippen LogP contribution in [0.2, 0.25) is 0 Å². The molecule has 0 aliphatic heterocycles. The fourth-order valence-electron chi connectivity index (χ4n) is 1.81. The molecule has 0 saturated heterocycles. The molecule has 1 aromatic heterocycles. The Kier molecular flexibility index (Phi) is 6.57. The zero-order valence-corrected chi connectivity index (χ0v) is 11.6. The third kappa shape index (κ3) is 4.56. The number of unbranched alkanes of at least 4 members (excludes halogenated alkanes) is 1. The van der Waals surface area contributed by atoms with Gasteiger partial charge in [0.25, 0.3) is 0 Å². The van der Waals surface area contributed by atoms with Crippen LogP contribution in [0.1, 0.15) is 49.3 Å². The fourth-order valence-corrected chi connectivity index (χ4v) is 1.81. The molecule has 0 saturated carbocycles. The topological polar surface area (TPSA) is 57.0 Å². The number of carbonyl (C=O) groups is 1. The first-order valence-electron chi connectivity index (χ1n) is 6.55. The normalized spacial score (nSPS) is 11.1. The van der Waals surface area contributed by atoms with Gasteiger partial charge in [0.2, 0.25) is 0 Å². The minimum absolute atomic E-state index is 0.488. The summed E-state index contributed by atoms with van der Waals surface area (Å²) in [6, 6.07) is 0. The van der Waals surface area contributed by atoms with Crippen LogP contribution in [0.3, 0.4) is 0 Å². The van der Waals surface area contributed by atoms with Gasteiger partial charge < -0.3 is 4.74 Å². The maximum atomic E-state index is 10.9. The van der Waals surface area contributed by atoms with Gasteiger partial charge in [0.1, 0.15) is 5.69 Å². The number of nitrogens with zero attached hydrogens (tertiary/aromatic N) is 3. The summed E-state index contributed by atoms with van der Waals surface area (Å²) in [5.74, 6) is 0.612. The van der Waals surface area contributed by atoms with E-state index in [1.165, 1.54) is 0 Å². The van der Waals surface area contributed by atoms with Crippen LogP contribution in [-0.4, -0.2) is 35.0 Å². The highest BCUT2D eigenvalue weighted by Crippen LogP contribution is 2.12. The molecule has 0 unspecified atom stereocenters. The van der Waals surface area contributed by atoms with Crippen LogP contribution < -0.4 is 0 Å². The van der Waals surface area contributed by atoms with Crippen molar-refractivity contribution in [2.24, 2.45) is 5.92 Å². The van der Waals surface area contributed by atoms with Gasteiger partial charge in [0.05, 0.1) is 5.69 Å². The lowest BCUT2D eigenvalue weighted by Crippen LogP contribution is -2.08. The molecule has 102 valence electrons. The lowest BCUT2D eigenvalue weighted by Gasteiger charge is -2.08. The van der Waals surface area contributed by atoms with Gasteiger partial charge in [-0.25, -0.2) is 4.68 Å². The van der Waals surface area contributed by atoms with Crippen molar-refractivity contribution in [1.82, 2.24) is 15.0 Å². The van der Waals surface area contributed by atoms with E-state index >= 15 is 0 Å². The van der Waals surface area contributed by atoms with Gasteiger partial charge in [0, 0.05) is 20.3 Å². The second kappa shape index (κ2) is 7.97. The van der Waals surface area contributed by atoms with Crippen LogP contribution in [0, 0.1) is 5.92 Å². The van der Waals surface area contributed by atoms with Gasteiger partial charge in [-0.3, -0.25) is 4.79 Å². The first kappa shape index (κ1) is 14.8. The van der Waals surface area contributed by atoms with Crippen molar-refractivity contribution < 1.29 is 9.53 Å². The predicted octanol–water partition coefficient (Wildman–Crippen LogP) is 2.11. The Morgan fingerprint density at radius 1 is 1.39 bits per heavy atom. The Morgan fingerprint density at radius 3 is 2.78 bits per heavy atom. The lowest BCUT2D eigenvalue weighted by atomic mass is 10.1. The SMILES string of the molecule is COCCCCn1nnc(C=O)c1CCC(C)C. The van der Waals surface area contributed by atoms with E-state index < -0.39 is 0 Å². The van der Waals surface area contributed by atoms with Crippen molar-refractivity contribution in [2.45, 2.75) is 46.1 Å². The number of hydrogen-bond donors (Lipinski definition) is 0. The molecule has 0 radical (unpaired) electrons. The standard InChI is InChI=1S/C13H23N3O2/c1-11(2)6-7-13-12(10-17)14-15-16(13)8-4-5-9-18-3/h10-11H,4-9H2,1-3H3. The van der Waals surface area contributed by atoms with E-state index in [1.807, 2.05) is 4.68 Å². The molecule has 18 heavy (non-hydrogen) atoms. The molecule has 0 aliphatic carbocycles. The highest BCUT2D eigenvalue weighted by molar-refractivity contribution is 5.73. The molecule has 1 heterocycles. The molecule has 0 N–H and O–H groups in total. The number of rotatable bonds is 9. The van der Waals surface area contributed by atoms with E-state index in [2.05, 4.69) is 24.2 Å². The molecule has 5 nitrogen and oxygen atoms in total. The zero-order chi connectivity index (χ0) is 13.4. The molecular formula is C13H23N3O2. The Labute approximate surface area is 109 Å². The van der Waals surface area contributed by atoms with Crippen molar-refractivity contribution >= 4 is 6.29 Å². The summed E-state index contributed by atoms with van der Waals surface area (Å²) in [6.45, 7) is 5.91. The first-order valence-corrected chi connectivity index (χ1v) is 6.55. The minimum atomic E-state index is 0.488. The van der Waals surface area contributed by atoms with E-state index in [1.54, 1.807) is 7.11 Å². The Bertz CT molecular complexity index is 361. The Balaban J connectivity index is 2.59. The molecule has 0 aliphatic rings. The highest BCUT2D eigenvalue weighted by atomic mass is 16.5. The van der Waals surface area contributed by atoms with Gasteiger partial charge in [-0.1, -0.05) is 19.1 Å². The van der Waals surface area contributed by atoms with Crippen LogP contribution >= 0.6 is 0 Å². The fraction of sp³-hybridized carbons (Fsp3) is 0.769. The lowest BCUT2D eigenvalue weighted by molar-refractivity contribution is 0.111. The average Bonchev–Trinajstić information content (AvgIpc) is 2.74. The minimum Gasteiger partial charge on any atom is -0.385 e. The van der Waals surface area contributed by atoms with Crippen LogP contribution in [0.15, 0.2) is 0 Å². The van der Waals surface area contributed by atoms with Crippen LogP contribution in [0.5, 0.6) is 0 Å². The van der Waals surface area contributed by atoms with Gasteiger partial charge >= 0.3 is 0 Å². The average molecular weight is 253 g/mol. The van der Waals surface area contributed by atoms with Crippen molar-refractivity contribution in [2.75, 3.05) is 13.7 Å². The van der Waals surface area contributed by atoms with Crippen LogP contribution in [0.25, 0.3) is 0 Å². The van der Waals surface area contributed by atoms with E-state index in [0.29, 0.717) is 11.6 Å². The number of methoxy groups -OCH3 is 1. The number of aromatic nitrogens is 3. The molecule has 0 amide bonds. The van der Waals surface area contributed by atoms with Gasteiger partial charge in [-0.05, 0) is 31.6 Å². The van der Waals surface area contributed by atoms with Crippen molar-refractivity contribution in [3.8, 4) is 0 Å². The molecule has 0 fully saturated rings. The van der Waals surface area contributed by atoms with Crippen molar-refractivity contribution in [3.05, 3.63) is 11.4 Å². The second-order valence-corrected chi connectivity index (χ2v) is 4.89. The number of ether oxygens (including phenoxy) is 1. The highest BCUT2D eigenvalue weighted by Gasteiger charge is 2.12. The number of hydrogen-bond acceptors (Lipinski definition) is 4. The Hall–Kier alpha value is -1.23. The second-order valence-electron chi connectivity index (χ2n) is 4.89. The summed E-state index contributed by atoms with van der Waals surface area (Å²) in [4.78, 5) is 10.9. The smallest absolute Gasteiger partial charge is 0.172 e. The molecule has 0 atom stereocenters. The summed E-state index contributed by atoms with van der Waals surface area (Å²) in [6.07, 6.45) is 4.70. The van der Waals surface area contributed by atoms with Gasteiger partial charge in [0.15, 0.2) is 6.29 Å². The molecule has 1 rings (SSSR count).